The smallest absolute Gasteiger partial charge is 0.251 e. The fourth-order valence-electron chi connectivity index (χ4n) is 2.87. The Labute approximate surface area is 180 Å². The number of anilines is 1. The first-order valence-corrected chi connectivity index (χ1v) is 10.7. The molecule has 0 spiro atoms. The molecular formula is C22H25N5O2S. The summed E-state index contributed by atoms with van der Waals surface area (Å²) in [7, 11) is 0. The van der Waals surface area contributed by atoms with Gasteiger partial charge in [0.1, 0.15) is 0 Å². The average Bonchev–Trinajstić information content (AvgIpc) is 3.15. The number of rotatable bonds is 8. The van der Waals surface area contributed by atoms with Crippen LogP contribution in [0, 0.1) is 13.8 Å². The van der Waals surface area contributed by atoms with E-state index in [4.69, 9.17) is 0 Å². The minimum atomic E-state index is -0.164. The predicted octanol–water partition coefficient (Wildman–Crippen LogP) is 3.58. The summed E-state index contributed by atoms with van der Waals surface area (Å²) in [6.07, 6.45) is 0. The number of aryl methyl sites for hydroxylation is 2. The fraction of sp³-hybridized carbons (Fsp3) is 0.273. The molecule has 156 valence electrons. The maximum Gasteiger partial charge on any atom is 0.251 e. The zero-order valence-electron chi connectivity index (χ0n) is 17.3. The van der Waals surface area contributed by atoms with Gasteiger partial charge in [-0.05, 0) is 56.2 Å². The fourth-order valence-corrected chi connectivity index (χ4v) is 3.69. The van der Waals surface area contributed by atoms with Crippen LogP contribution < -0.4 is 10.6 Å². The monoisotopic (exact) mass is 423 g/mol. The van der Waals surface area contributed by atoms with E-state index in [1.165, 1.54) is 17.3 Å². The molecule has 3 aromatic rings. The summed E-state index contributed by atoms with van der Waals surface area (Å²) < 4.78 is 1.90. The Bertz CT molecular complexity index is 1030. The molecule has 0 aliphatic heterocycles. The molecule has 2 amide bonds. The van der Waals surface area contributed by atoms with E-state index in [1.54, 1.807) is 12.1 Å². The predicted molar refractivity (Wildman–Crippen MR) is 119 cm³/mol. The van der Waals surface area contributed by atoms with E-state index in [9.17, 15) is 9.59 Å². The number of hydrogen-bond acceptors (Lipinski definition) is 5. The van der Waals surface area contributed by atoms with Crippen molar-refractivity contribution in [2.75, 3.05) is 11.1 Å². The van der Waals surface area contributed by atoms with Crippen LogP contribution in [0.15, 0.2) is 53.7 Å². The number of benzene rings is 2. The zero-order chi connectivity index (χ0) is 21.5. The van der Waals surface area contributed by atoms with Crippen LogP contribution in [0.1, 0.15) is 34.2 Å². The van der Waals surface area contributed by atoms with E-state index >= 15 is 0 Å². The number of nitrogens with one attached hydrogen (secondary N) is 2. The van der Waals surface area contributed by atoms with Crippen molar-refractivity contribution < 1.29 is 9.59 Å². The second kappa shape index (κ2) is 10.1. The number of thioether (sulfide) groups is 1. The van der Waals surface area contributed by atoms with Crippen LogP contribution in [0.4, 0.5) is 5.69 Å². The SMILES string of the molecule is CCn1c(CNC(=O)c2ccccc2)nnc1SCC(=O)Nc1ccc(C)c(C)c1. The van der Waals surface area contributed by atoms with E-state index < -0.39 is 0 Å². The molecule has 7 nitrogen and oxygen atoms in total. The van der Waals surface area contributed by atoms with Gasteiger partial charge in [-0.2, -0.15) is 0 Å². The van der Waals surface area contributed by atoms with Crippen molar-refractivity contribution in [1.29, 1.82) is 0 Å². The number of carbonyl (C=O) groups is 2. The molecule has 0 bridgehead atoms. The molecule has 1 aromatic heterocycles. The highest BCUT2D eigenvalue weighted by Crippen LogP contribution is 2.19. The van der Waals surface area contributed by atoms with Gasteiger partial charge in [-0.3, -0.25) is 9.59 Å². The van der Waals surface area contributed by atoms with Crippen LogP contribution in [0.3, 0.4) is 0 Å². The molecule has 0 atom stereocenters. The van der Waals surface area contributed by atoms with Crippen molar-refractivity contribution in [3.05, 3.63) is 71.0 Å². The van der Waals surface area contributed by atoms with Gasteiger partial charge in [0.2, 0.25) is 5.91 Å². The van der Waals surface area contributed by atoms with E-state index in [0.717, 1.165) is 11.3 Å². The van der Waals surface area contributed by atoms with Gasteiger partial charge in [0.15, 0.2) is 11.0 Å². The lowest BCUT2D eigenvalue weighted by Gasteiger charge is -2.09. The second-order valence-corrected chi connectivity index (χ2v) is 7.77. The van der Waals surface area contributed by atoms with Crippen molar-refractivity contribution in [3.63, 3.8) is 0 Å². The molecular weight excluding hydrogens is 398 g/mol. The number of nitrogens with zero attached hydrogens (tertiary/aromatic N) is 3. The van der Waals surface area contributed by atoms with Crippen molar-refractivity contribution in [2.45, 2.75) is 39.0 Å². The molecule has 0 aliphatic rings. The number of amides is 2. The number of hydrogen-bond donors (Lipinski definition) is 2. The third-order valence-electron chi connectivity index (χ3n) is 4.68. The van der Waals surface area contributed by atoms with Crippen LogP contribution in [-0.2, 0) is 17.9 Å². The quantitative estimate of drug-likeness (QED) is 0.541. The van der Waals surface area contributed by atoms with E-state index in [1.807, 2.05) is 61.7 Å². The van der Waals surface area contributed by atoms with Gasteiger partial charge in [-0.25, -0.2) is 0 Å². The zero-order valence-corrected chi connectivity index (χ0v) is 18.1. The maximum absolute atomic E-state index is 12.3. The molecule has 0 aliphatic carbocycles. The lowest BCUT2D eigenvalue weighted by Crippen LogP contribution is -2.24. The first-order chi connectivity index (χ1) is 14.5. The normalized spacial score (nSPS) is 10.6. The molecule has 0 unspecified atom stereocenters. The van der Waals surface area contributed by atoms with Crippen LogP contribution in [0.25, 0.3) is 0 Å². The summed E-state index contributed by atoms with van der Waals surface area (Å²) in [5, 5.41) is 14.8. The molecule has 8 heteroatoms. The van der Waals surface area contributed by atoms with Gasteiger partial charge in [0.05, 0.1) is 12.3 Å². The van der Waals surface area contributed by atoms with Crippen LogP contribution >= 0.6 is 11.8 Å². The third-order valence-corrected chi connectivity index (χ3v) is 5.64. The van der Waals surface area contributed by atoms with Crippen molar-refractivity contribution >= 4 is 29.3 Å². The van der Waals surface area contributed by atoms with Gasteiger partial charge in [-0.1, -0.05) is 36.0 Å². The molecule has 2 aromatic carbocycles. The Kier molecular flexibility index (Phi) is 7.24. The van der Waals surface area contributed by atoms with Gasteiger partial charge >= 0.3 is 0 Å². The molecule has 3 rings (SSSR count). The molecule has 0 fully saturated rings. The number of carbonyl (C=O) groups excluding carboxylic acids is 2. The van der Waals surface area contributed by atoms with Crippen molar-refractivity contribution in [1.82, 2.24) is 20.1 Å². The highest BCUT2D eigenvalue weighted by molar-refractivity contribution is 7.99. The number of aromatic nitrogens is 3. The minimum absolute atomic E-state index is 0.104. The van der Waals surface area contributed by atoms with Gasteiger partial charge in [-0.15, -0.1) is 10.2 Å². The van der Waals surface area contributed by atoms with Crippen LogP contribution in [0.2, 0.25) is 0 Å². The molecule has 0 saturated carbocycles. The van der Waals surface area contributed by atoms with Crippen LogP contribution in [0.5, 0.6) is 0 Å². The minimum Gasteiger partial charge on any atom is -0.345 e. The summed E-state index contributed by atoms with van der Waals surface area (Å²) >= 11 is 1.32. The summed E-state index contributed by atoms with van der Waals surface area (Å²) in [6.45, 7) is 6.94. The summed E-state index contributed by atoms with van der Waals surface area (Å²) in [6, 6.07) is 14.9. The average molecular weight is 424 g/mol. The molecule has 1 heterocycles. The van der Waals surface area contributed by atoms with E-state index in [2.05, 4.69) is 20.8 Å². The largest absolute Gasteiger partial charge is 0.345 e. The molecule has 30 heavy (non-hydrogen) atoms. The summed E-state index contributed by atoms with van der Waals surface area (Å²) in [5.74, 6) is 0.608. The Hall–Kier alpha value is -3.13. The van der Waals surface area contributed by atoms with E-state index in [-0.39, 0.29) is 24.1 Å². The lowest BCUT2D eigenvalue weighted by molar-refractivity contribution is -0.113. The molecule has 0 radical (unpaired) electrons. The third kappa shape index (κ3) is 5.48. The lowest BCUT2D eigenvalue weighted by atomic mass is 10.1. The van der Waals surface area contributed by atoms with Gasteiger partial charge in [0, 0.05) is 17.8 Å². The molecule has 2 N–H and O–H groups in total. The summed E-state index contributed by atoms with van der Waals surface area (Å²) in [5.41, 5.74) is 3.70. The summed E-state index contributed by atoms with van der Waals surface area (Å²) in [4.78, 5) is 24.5. The highest BCUT2D eigenvalue weighted by Gasteiger charge is 2.14. The second-order valence-electron chi connectivity index (χ2n) is 6.83. The first-order valence-electron chi connectivity index (χ1n) is 9.73. The first kappa shape index (κ1) is 21.6. The van der Waals surface area contributed by atoms with Crippen molar-refractivity contribution in [3.8, 4) is 0 Å². The van der Waals surface area contributed by atoms with Crippen LogP contribution in [-0.4, -0.2) is 32.3 Å². The standard InChI is InChI=1S/C22H25N5O2S/c1-4-27-19(13-23-21(29)17-8-6-5-7-9-17)25-26-22(27)30-14-20(28)24-18-11-10-15(2)16(3)12-18/h5-12H,4,13-14H2,1-3H3,(H,23,29)(H,24,28). The Morgan fingerprint density at radius 3 is 2.50 bits per heavy atom. The van der Waals surface area contributed by atoms with Gasteiger partial charge in [0.25, 0.3) is 5.91 Å². The topological polar surface area (TPSA) is 88.9 Å². The highest BCUT2D eigenvalue weighted by atomic mass is 32.2. The van der Waals surface area contributed by atoms with Gasteiger partial charge < -0.3 is 15.2 Å². The van der Waals surface area contributed by atoms with Crippen molar-refractivity contribution in [2.24, 2.45) is 0 Å². The Morgan fingerprint density at radius 1 is 1.03 bits per heavy atom. The Morgan fingerprint density at radius 2 is 1.80 bits per heavy atom. The Balaban J connectivity index is 1.56. The van der Waals surface area contributed by atoms with E-state index in [0.29, 0.717) is 23.1 Å². The maximum atomic E-state index is 12.3. The molecule has 0 saturated heterocycles.